The number of nitrogens with two attached hydrogens (primary N) is 1. The number of hydrogen-bond donors (Lipinski definition) is 2. The first-order chi connectivity index (χ1) is 5.63. The predicted octanol–water partition coefficient (Wildman–Crippen LogP) is -1.39. The molecule has 0 rings (SSSR count). The molecule has 3 N–H and O–H groups in total. The molecule has 0 aliphatic heterocycles. The van der Waals surface area contributed by atoms with Crippen molar-refractivity contribution in [1.29, 1.82) is 0 Å². The molecule has 0 aliphatic carbocycles. The molecule has 0 unspecified atom stereocenters. The molecule has 12 heavy (non-hydrogen) atoms. The smallest absolute Gasteiger partial charge is 0.364 e. The van der Waals surface area contributed by atoms with E-state index in [1.165, 1.54) is 7.05 Å². The molecule has 0 saturated heterocycles. The van der Waals surface area contributed by atoms with Crippen LogP contribution in [0.5, 0.6) is 0 Å². The van der Waals surface area contributed by atoms with E-state index in [2.05, 4.69) is 15.3 Å². The highest BCUT2D eigenvalue weighted by molar-refractivity contribution is 6.63. The molecule has 0 aromatic heterocycles. The minimum absolute atomic E-state index is 0.175. The number of nitrogens with one attached hydrogen (secondary N) is 1. The second kappa shape index (κ2) is 5.11. The summed E-state index contributed by atoms with van der Waals surface area (Å²) in [5.74, 6) is -1.73. The maximum atomic E-state index is 10.9. The summed E-state index contributed by atoms with van der Waals surface area (Å²) in [7, 11) is 1.45. The first kappa shape index (κ1) is 10.4. The van der Waals surface area contributed by atoms with Crippen molar-refractivity contribution in [3.63, 3.8) is 0 Å². The van der Waals surface area contributed by atoms with Gasteiger partial charge in [-0.25, -0.2) is 4.79 Å². The van der Waals surface area contributed by atoms with Gasteiger partial charge in [0.1, 0.15) is 0 Å². The lowest BCUT2D eigenvalue weighted by Gasteiger charge is -2.00. The molecule has 0 aliphatic rings. The molecule has 6 nitrogen and oxygen atoms in total. The molecular weight excluding hydrogens is 162 g/mol. The molecule has 0 saturated carbocycles. The van der Waals surface area contributed by atoms with Gasteiger partial charge in [0.15, 0.2) is 0 Å². The zero-order chi connectivity index (χ0) is 9.56. The van der Waals surface area contributed by atoms with E-state index in [9.17, 15) is 9.59 Å². The third-order valence-electron chi connectivity index (χ3n) is 0.926. The van der Waals surface area contributed by atoms with Crippen LogP contribution in [-0.4, -0.2) is 31.2 Å². The number of rotatable bonds is 4. The zero-order valence-corrected chi connectivity index (χ0v) is 6.96. The Morgan fingerprint density at radius 2 is 2.17 bits per heavy atom. The fourth-order valence-electron chi connectivity index (χ4n) is 0.513. The van der Waals surface area contributed by atoms with Crippen molar-refractivity contribution in [2.75, 3.05) is 13.7 Å². The maximum Gasteiger partial charge on any atom is 0.364 e. The molecule has 0 heterocycles. The van der Waals surface area contributed by atoms with Crippen molar-refractivity contribution in [1.82, 2.24) is 5.43 Å². The van der Waals surface area contributed by atoms with Crippen LogP contribution in [0.2, 0.25) is 0 Å². The molecule has 68 valence electrons. The Hall–Kier alpha value is -1.59. The quantitative estimate of drug-likeness (QED) is 0.237. The van der Waals surface area contributed by atoms with Crippen LogP contribution in [0.4, 0.5) is 0 Å². The van der Waals surface area contributed by atoms with E-state index in [0.29, 0.717) is 0 Å². The second-order valence-electron chi connectivity index (χ2n) is 1.77. The Morgan fingerprint density at radius 1 is 1.58 bits per heavy atom. The van der Waals surface area contributed by atoms with Crippen LogP contribution in [0.3, 0.4) is 0 Å². The lowest BCUT2D eigenvalue weighted by Crippen LogP contribution is -2.33. The van der Waals surface area contributed by atoms with Gasteiger partial charge in [0.2, 0.25) is 5.71 Å². The van der Waals surface area contributed by atoms with Gasteiger partial charge in [-0.1, -0.05) is 0 Å². The molecule has 0 spiro atoms. The highest BCUT2D eigenvalue weighted by Gasteiger charge is 2.18. The van der Waals surface area contributed by atoms with Crippen LogP contribution in [0.25, 0.3) is 0 Å². The van der Waals surface area contributed by atoms with E-state index in [1.807, 2.05) is 0 Å². The topological polar surface area (TPSA) is 93.8 Å². The molecular formula is C6H11N3O3. The first-order valence-electron chi connectivity index (χ1n) is 3.34. The SMILES string of the molecule is CCOC(=O)/C(=N/NC)C(N)=O. The number of carbonyl (C=O) groups is 2. The summed E-state index contributed by atoms with van der Waals surface area (Å²) >= 11 is 0. The highest BCUT2D eigenvalue weighted by Crippen LogP contribution is 1.83. The minimum Gasteiger partial charge on any atom is -0.461 e. The van der Waals surface area contributed by atoms with Crippen LogP contribution in [-0.2, 0) is 14.3 Å². The van der Waals surface area contributed by atoms with E-state index >= 15 is 0 Å². The second-order valence-corrected chi connectivity index (χ2v) is 1.77. The number of primary amides is 1. The maximum absolute atomic E-state index is 10.9. The largest absolute Gasteiger partial charge is 0.461 e. The molecule has 0 aromatic rings. The van der Waals surface area contributed by atoms with Gasteiger partial charge in [0.25, 0.3) is 5.91 Å². The van der Waals surface area contributed by atoms with E-state index in [4.69, 9.17) is 5.73 Å². The van der Waals surface area contributed by atoms with Crippen LogP contribution >= 0.6 is 0 Å². The van der Waals surface area contributed by atoms with Crippen molar-refractivity contribution < 1.29 is 14.3 Å². The van der Waals surface area contributed by atoms with Crippen LogP contribution in [0.1, 0.15) is 6.92 Å². The monoisotopic (exact) mass is 173 g/mol. The van der Waals surface area contributed by atoms with Gasteiger partial charge in [0.05, 0.1) is 6.61 Å². The van der Waals surface area contributed by atoms with E-state index in [-0.39, 0.29) is 6.61 Å². The summed E-state index contributed by atoms with van der Waals surface area (Å²) in [5, 5.41) is 3.36. The Kier molecular flexibility index (Phi) is 4.43. The first-order valence-corrected chi connectivity index (χ1v) is 3.34. The fourth-order valence-corrected chi connectivity index (χ4v) is 0.513. The van der Waals surface area contributed by atoms with Crippen molar-refractivity contribution in [3.8, 4) is 0 Å². The van der Waals surface area contributed by atoms with Crippen molar-refractivity contribution in [2.45, 2.75) is 6.92 Å². The van der Waals surface area contributed by atoms with Crippen molar-refractivity contribution in [3.05, 3.63) is 0 Å². The number of nitrogens with zero attached hydrogens (tertiary/aromatic N) is 1. The third kappa shape index (κ3) is 3.00. The van der Waals surface area contributed by atoms with Gasteiger partial charge in [0, 0.05) is 7.05 Å². The van der Waals surface area contributed by atoms with Crippen molar-refractivity contribution >= 4 is 17.6 Å². The summed E-state index contributed by atoms with van der Waals surface area (Å²) < 4.78 is 4.51. The van der Waals surface area contributed by atoms with Gasteiger partial charge in [-0.15, -0.1) is 0 Å². The molecule has 0 bridgehead atoms. The van der Waals surface area contributed by atoms with E-state index in [1.54, 1.807) is 6.92 Å². The van der Waals surface area contributed by atoms with Crippen molar-refractivity contribution in [2.24, 2.45) is 10.8 Å². The Morgan fingerprint density at radius 3 is 2.50 bits per heavy atom. The summed E-state index contributed by atoms with van der Waals surface area (Å²) in [6, 6.07) is 0. The minimum atomic E-state index is -0.914. The third-order valence-corrected chi connectivity index (χ3v) is 0.926. The number of hydrazone groups is 1. The van der Waals surface area contributed by atoms with E-state index in [0.717, 1.165) is 0 Å². The lowest BCUT2D eigenvalue weighted by molar-refractivity contribution is -0.135. The standard InChI is InChI=1S/C6H11N3O3/c1-3-12-6(11)4(5(7)10)9-8-2/h8H,3H2,1-2H3,(H2,7,10)/b9-4+. The van der Waals surface area contributed by atoms with Gasteiger partial charge >= 0.3 is 5.97 Å². The number of esters is 1. The average Bonchev–Trinajstić information content (AvgIpc) is 1.99. The number of ether oxygens (including phenoxy) is 1. The predicted molar refractivity (Wildman–Crippen MR) is 42.3 cm³/mol. The molecule has 0 aromatic carbocycles. The van der Waals surface area contributed by atoms with Gasteiger partial charge < -0.3 is 15.9 Å². The van der Waals surface area contributed by atoms with Crippen LogP contribution < -0.4 is 11.2 Å². The molecule has 1 amide bonds. The Balaban J connectivity index is 4.41. The fraction of sp³-hybridized carbons (Fsp3) is 0.500. The molecule has 6 heteroatoms. The van der Waals surface area contributed by atoms with Crippen LogP contribution in [0.15, 0.2) is 5.10 Å². The normalized spacial score (nSPS) is 10.7. The zero-order valence-electron chi connectivity index (χ0n) is 6.96. The number of amides is 1. The summed E-state index contributed by atoms with van der Waals surface area (Å²) in [4.78, 5) is 21.4. The number of hydrogen-bond acceptors (Lipinski definition) is 5. The average molecular weight is 173 g/mol. The molecule has 0 radical (unpaired) electrons. The Bertz CT molecular complexity index is 212. The van der Waals surface area contributed by atoms with Gasteiger partial charge in [-0.05, 0) is 6.92 Å². The summed E-state index contributed by atoms with van der Waals surface area (Å²) in [6.45, 7) is 1.80. The Labute approximate surface area is 69.8 Å². The summed E-state index contributed by atoms with van der Waals surface area (Å²) in [5.41, 5.74) is 6.69. The van der Waals surface area contributed by atoms with E-state index < -0.39 is 17.6 Å². The molecule has 0 fully saturated rings. The van der Waals surface area contributed by atoms with Gasteiger partial charge in [-0.3, -0.25) is 4.79 Å². The summed E-state index contributed by atoms with van der Waals surface area (Å²) in [6.07, 6.45) is 0. The molecule has 0 atom stereocenters. The number of carbonyl (C=O) groups excluding carboxylic acids is 2. The van der Waals surface area contributed by atoms with Gasteiger partial charge in [-0.2, -0.15) is 5.10 Å². The van der Waals surface area contributed by atoms with Crippen LogP contribution in [0, 0.1) is 0 Å². The lowest BCUT2D eigenvalue weighted by atomic mass is 10.4. The highest BCUT2D eigenvalue weighted by atomic mass is 16.5.